The molecule has 0 aliphatic carbocycles. The zero-order valence-electron chi connectivity index (χ0n) is 12.1. The lowest BCUT2D eigenvalue weighted by molar-refractivity contribution is 0.252. The lowest BCUT2D eigenvalue weighted by Crippen LogP contribution is -2.19. The highest BCUT2D eigenvalue weighted by atomic mass is 79.9. The summed E-state index contributed by atoms with van der Waals surface area (Å²) in [6.45, 7) is 7.08. The standard InChI is InChI=1S/C15H23Br2NO2/c1-11(2)9-18-10-12-7-13(16)15(14(17)8-12)20-6-4-3-5-19/h7-8,11,18-19H,3-6,9-10H2,1-2H3. The van der Waals surface area contributed by atoms with Crippen molar-refractivity contribution in [3.05, 3.63) is 26.6 Å². The van der Waals surface area contributed by atoms with Gasteiger partial charge in [0, 0.05) is 13.2 Å². The van der Waals surface area contributed by atoms with E-state index < -0.39 is 0 Å². The predicted octanol–water partition coefficient (Wildman–Crippen LogP) is 4.11. The number of aliphatic hydroxyl groups is 1. The lowest BCUT2D eigenvalue weighted by Gasteiger charge is -2.13. The summed E-state index contributed by atoms with van der Waals surface area (Å²) in [5.74, 6) is 1.48. The van der Waals surface area contributed by atoms with Gasteiger partial charge in [0.15, 0.2) is 0 Å². The Bertz CT molecular complexity index is 388. The molecule has 0 radical (unpaired) electrons. The van der Waals surface area contributed by atoms with Crippen molar-refractivity contribution >= 4 is 31.9 Å². The zero-order valence-corrected chi connectivity index (χ0v) is 15.3. The van der Waals surface area contributed by atoms with E-state index in [2.05, 4.69) is 63.2 Å². The van der Waals surface area contributed by atoms with Gasteiger partial charge in [-0.2, -0.15) is 0 Å². The molecule has 0 amide bonds. The molecule has 1 aromatic carbocycles. The van der Waals surface area contributed by atoms with Crippen molar-refractivity contribution in [3.63, 3.8) is 0 Å². The van der Waals surface area contributed by atoms with Gasteiger partial charge in [-0.1, -0.05) is 13.8 Å². The van der Waals surface area contributed by atoms with E-state index in [1.807, 2.05) is 0 Å². The SMILES string of the molecule is CC(C)CNCc1cc(Br)c(OCCCCO)c(Br)c1. The Labute approximate surface area is 138 Å². The number of ether oxygens (including phenoxy) is 1. The van der Waals surface area contributed by atoms with Crippen molar-refractivity contribution in [1.82, 2.24) is 5.32 Å². The van der Waals surface area contributed by atoms with E-state index in [1.54, 1.807) is 0 Å². The van der Waals surface area contributed by atoms with E-state index in [0.29, 0.717) is 12.5 Å². The molecule has 0 unspecified atom stereocenters. The average molecular weight is 409 g/mol. The van der Waals surface area contributed by atoms with E-state index in [-0.39, 0.29) is 6.61 Å². The van der Waals surface area contributed by atoms with Crippen LogP contribution >= 0.6 is 31.9 Å². The first-order chi connectivity index (χ1) is 9.54. The van der Waals surface area contributed by atoms with E-state index in [9.17, 15) is 0 Å². The molecule has 0 aliphatic heterocycles. The quantitative estimate of drug-likeness (QED) is 0.604. The number of rotatable bonds is 9. The molecule has 0 fully saturated rings. The van der Waals surface area contributed by atoms with E-state index in [4.69, 9.17) is 9.84 Å². The van der Waals surface area contributed by atoms with Crippen LogP contribution in [0.3, 0.4) is 0 Å². The van der Waals surface area contributed by atoms with Crippen LogP contribution in [0, 0.1) is 5.92 Å². The first-order valence-corrected chi connectivity index (χ1v) is 8.55. The number of halogens is 2. The molecular formula is C15H23Br2NO2. The highest BCUT2D eigenvalue weighted by Gasteiger charge is 2.09. The molecule has 0 spiro atoms. The molecule has 0 saturated carbocycles. The molecule has 1 aromatic rings. The Hall–Kier alpha value is -0.100. The van der Waals surface area contributed by atoms with Crippen molar-refractivity contribution in [3.8, 4) is 5.75 Å². The minimum atomic E-state index is 0.214. The first kappa shape index (κ1) is 18.0. The Morgan fingerprint density at radius 3 is 2.40 bits per heavy atom. The summed E-state index contributed by atoms with van der Waals surface area (Å²) in [6.07, 6.45) is 1.62. The molecular weight excluding hydrogens is 386 g/mol. The number of nitrogens with one attached hydrogen (secondary N) is 1. The number of hydrogen-bond acceptors (Lipinski definition) is 3. The molecule has 1 rings (SSSR count). The molecule has 0 bridgehead atoms. The highest BCUT2D eigenvalue weighted by Crippen LogP contribution is 2.34. The van der Waals surface area contributed by atoms with Gasteiger partial charge in [-0.25, -0.2) is 0 Å². The molecule has 20 heavy (non-hydrogen) atoms. The van der Waals surface area contributed by atoms with E-state index in [0.717, 1.165) is 40.6 Å². The Kier molecular flexibility index (Phi) is 8.77. The second-order valence-corrected chi connectivity index (χ2v) is 6.90. The molecule has 0 saturated heterocycles. The van der Waals surface area contributed by atoms with Crippen LogP contribution in [0.4, 0.5) is 0 Å². The van der Waals surface area contributed by atoms with Gasteiger partial charge in [-0.05, 0) is 74.9 Å². The summed E-state index contributed by atoms with van der Waals surface area (Å²) in [6, 6.07) is 4.17. The van der Waals surface area contributed by atoms with Crippen molar-refractivity contribution in [2.24, 2.45) is 5.92 Å². The molecule has 5 heteroatoms. The van der Waals surface area contributed by atoms with Crippen LogP contribution < -0.4 is 10.1 Å². The third-order valence-corrected chi connectivity index (χ3v) is 3.92. The maximum Gasteiger partial charge on any atom is 0.147 e. The summed E-state index contributed by atoms with van der Waals surface area (Å²) in [5.41, 5.74) is 1.21. The molecule has 0 aromatic heterocycles. The van der Waals surface area contributed by atoms with Crippen LogP contribution in [0.15, 0.2) is 21.1 Å². The Balaban J connectivity index is 2.56. The van der Waals surface area contributed by atoms with Crippen molar-refractivity contribution < 1.29 is 9.84 Å². The third kappa shape index (κ3) is 6.57. The van der Waals surface area contributed by atoms with Crippen molar-refractivity contribution in [1.29, 1.82) is 0 Å². The summed E-state index contributed by atoms with van der Waals surface area (Å²) in [5, 5.41) is 12.2. The van der Waals surface area contributed by atoms with Gasteiger partial charge in [-0.3, -0.25) is 0 Å². The maximum absolute atomic E-state index is 8.75. The molecule has 0 heterocycles. The second kappa shape index (κ2) is 9.77. The van der Waals surface area contributed by atoms with Crippen LogP contribution in [-0.4, -0.2) is 24.9 Å². The number of hydrogen-bond donors (Lipinski definition) is 2. The van der Waals surface area contributed by atoms with Gasteiger partial charge in [-0.15, -0.1) is 0 Å². The van der Waals surface area contributed by atoms with Crippen molar-refractivity contribution in [2.75, 3.05) is 19.8 Å². The molecule has 3 nitrogen and oxygen atoms in total. The monoisotopic (exact) mass is 407 g/mol. The zero-order chi connectivity index (χ0) is 15.0. The second-order valence-electron chi connectivity index (χ2n) is 5.19. The third-order valence-electron chi connectivity index (χ3n) is 2.74. The largest absolute Gasteiger partial charge is 0.491 e. The van der Waals surface area contributed by atoms with E-state index in [1.165, 1.54) is 5.56 Å². The molecule has 2 N–H and O–H groups in total. The average Bonchev–Trinajstić information content (AvgIpc) is 2.36. The van der Waals surface area contributed by atoms with Gasteiger partial charge in [0.05, 0.1) is 15.6 Å². The number of aliphatic hydroxyl groups excluding tert-OH is 1. The molecule has 0 atom stereocenters. The van der Waals surface area contributed by atoms with Gasteiger partial charge >= 0.3 is 0 Å². The minimum Gasteiger partial charge on any atom is -0.491 e. The predicted molar refractivity (Wildman–Crippen MR) is 90.2 cm³/mol. The fourth-order valence-corrected chi connectivity index (χ4v) is 3.26. The lowest BCUT2D eigenvalue weighted by atomic mass is 10.2. The first-order valence-electron chi connectivity index (χ1n) is 6.97. The smallest absolute Gasteiger partial charge is 0.147 e. The van der Waals surface area contributed by atoms with Gasteiger partial charge in [0.1, 0.15) is 5.75 Å². The van der Waals surface area contributed by atoms with Crippen LogP contribution in [0.2, 0.25) is 0 Å². The summed E-state index contributed by atoms with van der Waals surface area (Å²) in [7, 11) is 0. The van der Waals surface area contributed by atoms with Gasteiger partial charge < -0.3 is 15.2 Å². The van der Waals surface area contributed by atoms with Crippen LogP contribution in [0.1, 0.15) is 32.3 Å². The minimum absolute atomic E-state index is 0.214. The summed E-state index contributed by atoms with van der Waals surface area (Å²) >= 11 is 7.11. The maximum atomic E-state index is 8.75. The van der Waals surface area contributed by atoms with E-state index >= 15 is 0 Å². The number of benzene rings is 1. The van der Waals surface area contributed by atoms with Crippen LogP contribution in [0.5, 0.6) is 5.75 Å². The summed E-state index contributed by atoms with van der Waals surface area (Å²) in [4.78, 5) is 0. The van der Waals surface area contributed by atoms with Gasteiger partial charge in [0.25, 0.3) is 0 Å². The Morgan fingerprint density at radius 1 is 1.20 bits per heavy atom. The topological polar surface area (TPSA) is 41.5 Å². The van der Waals surface area contributed by atoms with Gasteiger partial charge in [0.2, 0.25) is 0 Å². The normalized spacial score (nSPS) is 11.1. The van der Waals surface area contributed by atoms with Crippen molar-refractivity contribution in [2.45, 2.75) is 33.2 Å². The Morgan fingerprint density at radius 2 is 1.85 bits per heavy atom. The highest BCUT2D eigenvalue weighted by molar-refractivity contribution is 9.11. The summed E-state index contributed by atoms with van der Waals surface area (Å²) < 4.78 is 7.65. The molecule has 114 valence electrons. The fourth-order valence-electron chi connectivity index (χ4n) is 1.75. The fraction of sp³-hybridized carbons (Fsp3) is 0.600. The van der Waals surface area contributed by atoms with Crippen LogP contribution in [-0.2, 0) is 6.54 Å². The number of unbranched alkanes of at least 4 members (excludes halogenated alkanes) is 1. The molecule has 0 aliphatic rings. The van der Waals surface area contributed by atoms with Crippen LogP contribution in [0.25, 0.3) is 0 Å².